The van der Waals surface area contributed by atoms with Gasteiger partial charge in [-0.3, -0.25) is 14.0 Å². The van der Waals surface area contributed by atoms with Gasteiger partial charge in [-0.05, 0) is 26.0 Å². The fraction of sp³-hybridized carbons (Fsp3) is 0.625. The van der Waals surface area contributed by atoms with Crippen molar-refractivity contribution < 1.29 is 9.32 Å². The van der Waals surface area contributed by atoms with Crippen LogP contribution < -0.4 is 0 Å². The lowest BCUT2D eigenvalue weighted by atomic mass is 10.2. The number of nitrogens with zero attached hydrogens (tertiary/aromatic N) is 2. The van der Waals surface area contributed by atoms with E-state index in [0.29, 0.717) is 11.8 Å². The van der Waals surface area contributed by atoms with E-state index in [4.69, 9.17) is 0 Å². The Hall–Kier alpha value is -0.750. The quantitative estimate of drug-likeness (QED) is 0.857. The van der Waals surface area contributed by atoms with Crippen LogP contribution in [0.5, 0.6) is 0 Å². The zero-order valence-corrected chi connectivity index (χ0v) is 13.8. The van der Waals surface area contributed by atoms with Crippen LogP contribution in [0, 0.1) is 0 Å². The van der Waals surface area contributed by atoms with E-state index in [2.05, 4.69) is 16.7 Å². The minimum absolute atomic E-state index is 0.274. The number of benzene rings is 1. The Bertz CT molecular complexity index is 453. The van der Waals surface area contributed by atoms with Gasteiger partial charge in [-0.1, -0.05) is 18.2 Å². The molecule has 21 heavy (non-hydrogen) atoms. The molecule has 1 heterocycles. The minimum atomic E-state index is -0.909. The van der Waals surface area contributed by atoms with Crippen LogP contribution in [0.2, 0.25) is 0 Å². The molecule has 1 aromatic carbocycles. The van der Waals surface area contributed by atoms with Crippen molar-refractivity contribution in [3.63, 3.8) is 0 Å². The fourth-order valence-electron chi connectivity index (χ4n) is 2.79. The van der Waals surface area contributed by atoms with Crippen molar-refractivity contribution in [1.82, 2.24) is 9.80 Å². The van der Waals surface area contributed by atoms with Gasteiger partial charge >= 0.3 is 0 Å². The van der Waals surface area contributed by atoms with Gasteiger partial charge in [0, 0.05) is 49.4 Å². The van der Waals surface area contributed by atoms with Gasteiger partial charge in [0.15, 0.2) is 0 Å². The maximum absolute atomic E-state index is 12.2. The van der Waals surface area contributed by atoms with Crippen molar-refractivity contribution in [2.75, 3.05) is 38.5 Å². The second kappa shape index (κ2) is 8.03. The third-order valence-corrected chi connectivity index (χ3v) is 5.30. The SMILES string of the molecule is C[C@H](O)CN1CCN(CC[S@@](=O)c2ccccc2)C[C@H]1C. The van der Waals surface area contributed by atoms with E-state index < -0.39 is 10.8 Å². The lowest BCUT2D eigenvalue weighted by Gasteiger charge is -2.40. The Morgan fingerprint density at radius 2 is 2.05 bits per heavy atom. The van der Waals surface area contributed by atoms with Gasteiger partial charge in [0.25, 0.3) is 0 Å². The standard InChI is InChI=1S/C16H26N2O2S/c1-14-12-17(8-9-18(14)13-15(2)19)10-11-21(20)16-6-4-3-5-7-16/h3-7,14-15,19H,8-13H2,1-2H3/t14-,15+,21-/m1/s1. The van der Waals surface area contributed by atoms with Crippen molar-refractivity contribution in [2.24, 2.45) is 0 Å². The summed E-state index contributed by atoms with van der Waals surface area (Å²) in [6.45, 7) is 8.59. The fourth-order valence-corrected chi connectivity index (χ4v) is 3.91. The summed E-state index contributed by atoms with van der Waals surface area (Å²) < 4.78 is 12.2. The van der Waals surface area contributed by atoms with Crippen molar-refractivity contribution in [1.29, 1.82) is 0 Å². The van der Waals surface area contributed by atoms with E-state index in [-0.39, 0.29) is 6.10 Å². The molecule has 0 aromatic heterocycles. The van der Waals surface area contributed by atoms with Crippen molar-refractivity contribution in [3.05, 3.63) is 30.3 Å². The summed E-state index contributed by atoms with van der Waals surface area (Å²) in [6.07, 6.45) is -0.274. The second-order valence-corrected chi connectivity index (χ2v) is 7.43. The van der Waals surface area contributed by atoms with Crippen molar-refractivity contribution in [2.45, 2.75) is 30.9 Å². The maximum atomic E-state index is 12.2. The smallest absolute Gasteiger partial charge is 0.0639 e. The number of rotatable bonds is 6. The largest absolute Gasteiger partial charge is 0.392 e. The van der Waals surface area contributed by atoms with Crippen LogP contribution >= 0.6 is 0 Å². The molecule has 1 aromatic rings. The van der Waals surface area contributed by atoms with Crippen LogP contribution in [0.3, 0.4) is 0 Å². The predicted octanol–water partition coefficient (Wildman–Crippen LogP) is 1.18. The third kappa shape index (κ3) is 5.18. The number of aliphatic hydroxyl groups is 1. The highest BCUT2D eigenvalue weighted by Crippen LogP contribution is 2.11. The summed E-state index contributed by atoms with van der Waals surface area (Å²) in [5, 5.41) is 9.50. The number of aliphatic hydroxyl groups excluding tert-OH is 1. The Kier molecular flexibility index (Phi) is 6.36. The van der Waals surface area contributed by atoms with Gasteiger partial charge in [-0.25, -0.2) is 0 Å². The molecule has 0 spiro atoms. The van der Waals surface area contributed by atoms with E-state index in [1.165, 1.54) is 0 Å². The van der Waals surface area contributed by atoms with E-state index in [1.807, 2.05) is 37.3 Å². The molecule has 0 amide bonds. The number of hydrogen-bond donors (Lipinski definition) is 1. The molecule has 0 saturated carbocycles. The molecule has 0 aliphatic carbocycles. The zero-order chi connectivity index (χ0) is 15.2. The van der Waals surface area contributed by atoms with Gasteiger partial charge in [0.2, 0.25) is 0 Å². The van der Waals surface area contributed by atoms with Gasteiger partial charge < -0.3 is 5.11 Å². The molecule has 0 bridgehead atoms. The van der Waals surface area contributed by atoms with Gasteiger partial charge in [0.1, 0.15) is 0 Å². The van der Waals surface area contributed by atoms with Crippen molar-refractivity contribution in [3.8, 4) is 0 Å². The van der Waals surface area contributed by atoms with Crippen LogP contribution in [0.1, 0.15) is 13.8 Å². The summed E-state index contributed by atoms with van der Waals surface area (Å²) >= 11 is 0. The minimum Gasteiger partial charge on any atom is -0.392 e. The van der Waals surface area contributed by atoms with Gasteiger partial charge in [0.05, 0.1) is 16.9 Å². The summed E-state index contributed by atoms with van der Waals surface area (Å²) in [7, 11) is -0.909. The lowest BCUT2D eigenvalue weighted by molar-refractivity contribution is 0.0475. The summed E-state index contributed by atoms with van der Waals surface area (Å²) in [6, 6.07) is 10.1. The molecule has 1 fully saturated rings. The molecule has 118 valence electrons. The maximum Gasteiger partial charge on any atom is 0.0639 e. The van der Waals surface area contributed by atoms with Gasteiger partial charge in [-0.15, -0.1) is 0 Å². The lowest BCUT2D eigenvalue weighted by Crippen LogP contribution is -2.53. The molecule has 0 radical (unpaired) electrons. The summed E-state index contributed by atoms with van der Waals surface area (Å²) in [5.74, 6) is 0.688. The van der Waals surface area contributed by atoms with E-state index in [1.54, 1.807) is 0 Å². The van der Waals surface area contributed by atoms with Crippen LogP contribution in [0.4, 0.5) is 0 Å². The molecule has 5 heteroatoms. The topological polar surface area (TPSA) is 43.8 Å². The number of piperazine rings is 1. The molecule has 1 saturated heterocycles. The molecule has 3 atom stereocenters. The van der Waals surface area contributed by atoms with Gasteiger partial charge in [-0.2, -0.15) is 0 Å². The normalized spacial score (nSPS) is 23.9. The molecule has 1 aliphatic rings. The van der Waals surface area contributed by atoms with Crippen LogP contribution in [0.15, 0.2) is 35.2 Å². The van der Waals surface area contributed by atoms with E-state index >= 15 is 0 Å². The van der Waals surface area contributed by atoms with E-state index in [0.717, 1.165) is 37.6 Å². The first-order valence-corrected chi connectivity index (χ1v) is 8.96. The number of hydrogen-bond acceptors (Lipinski definition) is 4. The highest BCUT2D eigenvalue weighted by molar-refractivity contribution is 7.85. The molecule has 0 unspecified atom stereocenters. The molecule has 1 N–H and O–H groups in total. The van der Waals surface area contributed by atoms with Crippen LogP contribution in [-0.2, 0) is 10.8 Å². The van der Waals surface area contributed by atoms with Crippen LogP contribution in [-0.4, -0.2) is 69.7 Å². The highest BCUT2D eigenvalue weighted by Gasteiger charge is 2.24. The summed E-state index contributed by atoms with van der Waals surface area (Å²) in [5.41, 5.74) is 0. The van der Waals surface area contributed by atoms with Crippen LogP contribution in [0.25, 0.3) is 0 Å². The Labute approximate surface area is 130 Å². The zero-order valence-electron chi connectivity index (χ0n) is 12.9. The van der Waals surface area contributed by atoms with E-state index in [9.17, 15) is 9.32 Å². The molecule has 1 aliphatic heterocycles. The van der Waals surface area contributed by atoms with Crippen molar-refractivity contribution >= 4 is 10.8 Å². The Morgan fingerprint density at radius 3 is 2.67 bits per heavy atom. The Balaban J connectivity index is 1.77. The highest BCUT2D eigenvalue weighted by atomic mass is 32.2. The molecular weight excluding hydrogens is 284 g/mol. The monoisotopic (exact) mass is 310 g/mol. The second-order valence-electron chi connectivity index (χ2n) is 5.86. The first kappa shape index (κ1) is 16.6. The predicted molar refractivity (Wildman–Crippen MR) is 86.9 cm³/mol. The third-order valence-electron chi connectivity index (χ3n) is 3.95. The molecule has 4 nitrogen and oxygen atoms in total. The molecule has 2 rings (SSSR count). The first-order valence-electron chi connectivity index (χ1n) is 7.64. The first-order chi connectivity index (χ1) is 10.1. The summed E-state index contributed by atoms with van der Waals surface area (Å²) in [4.78, 5) is 5.62. The average Bonchev–Trinajstić information content (AvgIpc) is 2.48. The average molecular weight is 310 g/mol. The Morgan fingerprint density at radius 1 is 1.33 bits per heavy atom. The number of β-amino-alcohol motifs (C(OH)–C–C–N with tert-alkyl or cyclic N) is 1. The molecular formula is C16H26N2O2S.